The summed E-state index contributed by atoms with van der Waals surface area (Å²) in [5.41, 5.74) is 0.752. The third-order valence-corrected chi connectivity index (χ3v) is 7.85. The molecule has 168 valence electrons. The second-order valence-electron chi connectivity index (χ2n) is 9.11. The van der Waals surface area contributed by atoms with Gasteiger partial charge in [-0.15, -0.1) is 5.10 Å². The van der Waals surface area contributed by atoms with Gasteiger partial charge in [0.1, 0.15) is 11.6 Å². The molecular formula is C22H25F2N7S. The number of nitrogens with zero attached hydrogens (tertiary/aromatic N) is 6. The maximum Gasteiger partial charge on any atom is 0.242 e. The molecule has 2 saturated heterocycles. The lowest BCUT2D eigenvalue weighted by Crippen LogP contribution is -2.47. The molecule has 7 nitrogen and oxygen atoms in total. The van der Waals surface area contributed by atoms with Crippen molar-refractivity contribution in [2.24, 2.45) is 0 Å². The molecule has 0 saturated carbocycles. The van der Waals surface area contributed by atoms with E-state index in [2.05, 4.69) is 19.6 Å². The summed E-state index contributed by atoms with van der Waals surface area (Å²) in [6.07, 6.45) is 6.17. The van der Waals surface area contributed by atoms with E-state index in [0.29, 0.717) is 24.1 Å². The van der Waals surface area contributed by atoms with Gasteiger partial charge in [-0.05, 0) is 63.1 Å². The minimum absolute atomic E-state index is 0.0689. The molecule has 0 aliphatic carbocycles. The van der Waals surface area contributed by atoms with E-state index in [1.807, 2.05) is 11.6 Å². The number of anilines is 2. The summed E-state index contributed by atoms with van der Waals surface area (Å²) in [5.74, 6) is 0.602. The summed E-state index contributed by atoms with van der Waals surface area (Å²) in [6, 6.07) is 5.38. The molecule has 1 aromatic carbocycles. The van der Waals surface area contributed by atoms with E-state index >= 15 is 0 Å². The second-order valence-corrected chi connectivity index (χ2v) is 9.84. The molecule has 3 aromatic rings. The summed E-state index contributed by atoms with van der Waals surface area (Å²) in [6.45, 7) is 2.74. The lowest BCUT2D eigenvalue weighted by atomic mass is 9.91. The molecule has 3 aliphatic rings. The van der Waals surface area contributed by atoms with Crippen molar-refractivity contribution in [1.29, 1.82) is 0 Å². The van der Waals surface area contributed by atoms with Crippen LogP contribution >= 0.6 is 11.5 Å². The first-order valence-corrected chi connectivity index (χ1v) is 12.1. The summed E-state index contributed by atoms with van der Waals surface area (Å²) in [4.78, 5) is 11.9. The molecular weight excluding hydrogens is 432 g/mol. The number of fused-ring (bicyclic) bond motifs is 3. The van der Waals surface area contributed by atoms with Crippen LogP contribution in [0.2, 0.25) is 0 Å². The number of aryl methyl sites for hydroxylation is 2. The van der Waals surface area contributed by atoms with Crippen molar-refractivity contribution in [2.75, 3.05) is 10.2 Å². The molecule has 0 radical (unpaired) electrons. The van der Waals surface area contributed by atoms with Gasteiger partial charge in [-0.3, -0.25) is 0 Å². The molecule has 3 atom stereocenters. The van der Waals surface area contributed by atoms with Crippen molar-refractivity contribution in [3.63, 3.8) is 0 Å². The Morgan fingerprint density at radius 2 is 1.88 bits per heavy atom. The van der Waals surface area contributed by atoms with Gasteiger partial charge < -0.3 is 10.2 Å². The van der Waals surface area contributed by atoms with E-state index in [4.69, 9.17) is 10.1 Å². The van der Waals surface area contributed by atoms with E-state index in [9.17, 15) is 8.78 Å². The lowest BCUT2D eigenvalue weighted by molar-refractivity contribution is 0.429. The van der Waals surface area contributed by atoms with Crippen molar-refractivity contribution >= 4 is 22.6 Å². The zero-order valence-corrected chi connectivity index (χ0v) is 18.7. The van der Waals surface area contributed by atoms with Crippen LogP contribution < -0.4 is 10.2 Å². The number of rotatable bonds is 4. The van der Waals surface area contributed by atoms with E-state index in [1.54, 1.807) is 6.07 Å². The van der Waals surface area contributed by atoms with E-state index in [0.717, 1.165) is 54.6 Å². The summed E-state index contributed by atoms with van der Waals surface area (Å²) < 4.78 is 33.5. The lowest BCUT2D eigenvalue weighted by Gasteiger charge is -2.38. The highest BCUT2D eigenvalue weighted by Gasteiger charge is 2.42. The Labute approximate surface area is 189 Å². The highest BCUT2D eigenvalue weighted by Crippen LogP contribution is 2.41. The van der Waals surface area contributed by atoms with E-state index in [1.165, 1.54) is 36.5 Å². The molecule has 3 aliphatic heterocycles. The standard InChI is InChI=1S/C22H25F2N7S/c1-12-25-22(32-29-12)31-15-5-6-16(31)11-14(10-15)26-21-27-20-17(3-2-8-30(20)28-21)13-4-7-18(23)19(24)9-13/h4,7,9,14-17H,2-3,5-6,8,10-11H2,1H3,(H,26,28). The van der Waals surface area contributed by atoms with Gasteiger partial charge in [-0.2, -0.15) is 9.36 Å². The van der Waals surface area contributed by atoms with Crippen LogP contribution in [0, 0.1) is 18.6 Å². The highest BCUT2D eigenvalue weighted by molar-refractivity contribution is 7.09. The normalized spacial score (nSPS) is 26.9. The molecule has 2 bridgehead atoms. The zero-order chi connectivity index (χ0) is 21.8. The largest absolute Gasteiger partial charge is 0.350 e. The van der Waals surface area contributed by atoms with Gasteiger partial charge in [-0.1, -0.05) is 6.07 Å². The van der Waals surface area contributed by atoms with Crippen LogP contribution in [0.4, 0.5) is 19.9 Å². The molecule has 0 amide bonds. The van der Waals surface area contributed by atoms with E-state index in [-0.39, 0.29) is 5.92 Å². The van der Waals surface area contributed by atoms with Crippen molar-refractivity contribution < 1.29 is 8.78 Å². The van der Waals surface area contributed by atoms with Gasteiger partial charge in [0.05, 0.1) is 0 Å². The molecule has 3 unspecified atom stereocenters. The van der Waals surface area contributed by atoms with Gasteiger partial charge in [0.15, 0.2) is 11.6 Å². The third-order valence-electron chi connectivity index (χ3n) is 7.02. The Bertz CT molecular complexity index is 1130. The monoisotopic (exact) mass is 457 g/mol. The number of piperidine rings is 1. The fraction of sp³-hybridized carbons (Fsp3) is 0.545. The van der Waals surface area contributed by atoms with Gasteiger partial charge in [0.25, 0.3) is 0 Å². The first kappa shape index (κ1) is 20.0. The molecule has 5 heterocycles. The number of hydrogen-bond donors (Lipinski definition) is 1. The highest BCUT2D eigenvalue weighted by atomic mass is 32.1. The number of aromatic nitrogens is 5. The topological polar surface area (TPSA) is 71.8 Å². The Balaban J connectivity index is 1.19. The zero-order valence-electron chi connectivity index (χ0n) is 17.8. The molecule has 6 rings (SSSR count). The smallest absolute Gasteiger partial charge is 0.242 e. The number of halogens is 2. The van der Waals surface area contributed by atoms with Gasteiger partial charge in [0.2, 0.25) is 11.1 Å². The fourth-order valence-electron chi connectivity index (χ4n) is 5.64. The van der Waals surface area contributed by atoms with Crippen molar-refractivity contribution in [2.45, 2.75) is 76.0 Å². The summed E-state index contributed by atoms with van der Waals surface area (Å²) in [5, 5.41) is 9.32. The second kappa shape index (κ2) is 7.75. The first-order valence-electron chi connectivity index (χ1n) is 11.3. The minimum Gasteiger partial charge on any atom is -0.350 e. The molecule has 1 N–H and O–H groups in total. The molecule has 2 aromatic heterocycles. The number of nitrogens with one attached hydrogen (secondary N) is 1. The number of hydrogen-bond acceptors (Lipinski definition) is 7. The minimum atomic E-state index is -0.821. The Morgan fingerprint density at radius 1 is 1.06 bits per heavy atom. The molecule has 0 spiro atoms. The predicted molar refractivity (Wildman–Crippen MR) is 118 cm³/mol. The molecule has 2 fully saturated rings. The summed E-state index contributed by atoms with van der Waals surface area (Å²) >= 11 is 1.49. The van der Waals surface area contributed by atoms with Crippen LogP contribution in [0.5, 0.6) is 0 Å². The van der Waals surface area contributed by atoms with Crippen LogP contribution in [0.1, 0.15) is 61.7 Å². The molecule has 10 heteroatoms. The molecule has 32 heavy (non-hydrogen) atoms. The van der Waals surface area contributed by atoms with Crippen molar-refractivity contribution in [3.05, 3.63) is 47.0 Å². The van der Waals surface area contributed by atoms with Crippen LogP contribution in [-0.2, 0) is 6.54 Å². The maximum absolute atomic E-state index is 13.8. The average molecular weight is 458 g/mol. The van der Waals surface area contributed by atoms with E-state index < -0.39 is 11.6 Å². The van der Waals surface area contributed by atoms with Gasteiger partial charge >= 0.3 is 0 Å². The van der Waals surface area contributed by atoms with Crippen LogP contribution in [0.15, 0.2) is 18.2 Å². The average Bonchev–Trinajstić information content (AvgIpc) is 3.45. The first-order chi connectivity index (χ1) is 15.5. The summed E-state index contributed by atoms with van der Waals surface area (Å²) in [7, 11) is 0. The maximum atomic E-state index is 13.8. The van der Waals surface area contributed by atoms with Crippen LogP contribution in [-0.4, -0.2) is 42.2 Å². The Morgan fingerprint density at radius 3 is 2.59 bits per heavy atom. The van der Waals surface area contributed by atoms with Crippen molar-refractivity contribution in [1.82, 2.24) is 24.1 Å². The van der Waals surface area contributed by atoms with Crippen molar-refractivity contribution in [3.8, 4) is 0 Å². The fourth-order valence-corrected chi connectivity index (χ4v) is 6.46. The van der Waals surface area contributed by atoms with Gasteiger partial charge in [-0.25, -0.2) is 18.4 Å². The Kier molecular flexibility index (Phi) is 4.85. The third kappa shape index (κ3) is 3.44. The van der Waals surface area contributed by atoms with Crippen LogP contribution in [0.3, 0.4) is 0 Å². The Hall–Kier alpha value is -2.62. The van der Waals surface area contributed by atoms with Gasteiger partial charge in [0, 0.05) is 42.1 Å². The number of benzene rings is 1. The van der Waals surface area contributed by atoms with Crippen LogP contribution in [0.25, 0.3) is 0 Å². The predicted octanol–water partition coefficient (Wildman–Crippen LogP) is 4.25. The quantitative estimate of drug-likeness (QED) is 0.632. The SMILES string of the molecule is Cc1nsc(N2C3CCC2CC(Nc2nc4n(n2)CCCC4c2ccc(F)c(F)c2)C3)n1.